The molecule has 4 rings (SSSR count). The highest BCUT2D eigenvalue weighted by atomic mass is 35.5. The zero-order chi connectivity index (χ0) is 16.8. The molecule has 0 fully saturated rings. The Morgan fingerprint density at radius 3 is 2.83 bits per heavy atom. The first-order chi connectivity index (χ1) is 11.6. The number of halogens is 1. The lowest BCUT2D eigenvalue weighted by Crippen LogP contribution is -2.37. The summed E-state index contributed by atoms with van der Waals surface area (Å²) in [5.74, 6) is -0.619. The first kappa shape index (κ1) is 15.4. The fourth-order valence-electron chi connectivity index (χ4n) is 3.23. The van der Waals surface area contributed by atoms with E-state index in [4.69, 9.17) is 16.3 Å². The molecule has 0 aliphatic carbocycles. The van der Waals surface area contributed by atoms with Crippen LogP contribution in [0.1, 0.15) is 23.5 Å². The standard InChI is InChI=1S/C18H14ClNO3S/c1-10-2-3-12(6-14(10)19)20-15-8-23-18(22)17(15)13(7-16(20)21)11-4-5-24-9-11/h2-6,9,13H,7-8H2,1H3/t13-/m0/s1. The molecule has 24 heavy (non-hydrogen) atoms. The van der Waals surface area contributed by atoms with E-state index in [1.165, 1.54) is 0 Å². The van der Waals surface area contributed by atoms with Crippen molar-refractivity contribution in [3.05, 3.63) is 62.4 Å². The Labute approximate surface area is 148 Å². The van der Waals surface area contributed by atoms with Crippen molar-refractivity contribution in [1.82, 2.24) is 0 Å². The Kier molecular flexibility index (Phi) is 3.70. The van der Waals surface area contributed by atoms with Crippen LogP contribution in [0.4, 0.5) is 5.69 Å². The number of aryl methyl sites for hydroxylation is 1. The number of carbonyl (C=O) groups excluding carboxylic acids is 2. The molecule has 6 heteroatoms. The summed E-state index contributed by atoms with van der Waals surface area (Å²) in [5, 5.41) is 4.52. The molecular formula is C18H14ClNO3S. The van der Waals surface area contributed by atoms with Crippen LogP contribution in [-0.4, -0.2) is 18.5 Å². The molecule has 2 aromatic rings. The summed E-state index contributed by atoms with van der Waals surface area (Å²) >= 11 is 7.76. The smallest absolute Gasteiger partial charge is 0.336 e. The van der Waals surface area contributed by atoms with Crippen molar-refractivity contribution >= 4 is 40.5 Å². The number of nitrogens with zero attached hydrogens (tertiary/aromatic N) is 1. The minimum absolute atomic E-state index is 0.0526. The number of amides is 1. The fourth-order valence-corrected chi connectivity index (χ4v) is 4.12. The molecule has 2 aliphatic heterocycles. The molecule has 122 valence electrons. The van der Waals surface area contributed by atoms with Crippen LogP contribution >= 0.6 is 22.9 Å². The lowest BCUT2D eigenvalue weighted by Gasteiger charge is -2.31. The number of hydrogen-bond donors (Lipinski definition) is 0. The molecule has 1 aromatic heterocycles. The van der Waals surface area contributed by atoms with Crippen molar-refractivity contribution < 1.29 is 14.3 Å². The SMILES string of the molecule is Cc1ccc(N2C(=O)C[C@@H](c3ccsc3)C3=C2COC3=O)cc1Cl. The molecule has 0 radical (unpaired) electrons. The van der Waals surface area contributed by atoms with E-state index in [2.05, 4.69) is 0 Å². The van der Waals surface area contributed by atoms with Crippen LogP contribution in [0.5, 0.6) is 0 Å². The quantitative estimate of drug-likeness (QED) is 0.760. The number of carbonyl (C=O) groups is 2. The number of anilines is 1. The predicted octanol–water partition coefficient (Wildman–Crippen LogP) is 4.04. The van der Waals surface area contributed by atoms with E-state index in [1.54, 1.807) is 22.3 Å². The van der Waals surface area contributed by atoms with E-state index in [1.807, 2.05) is 35.9 Å². The summed E-state index contributed by atoms with van der Waals surface area (Å²) in [7, 11) is 0. The molecule has 0 saturated carbocycles. The Morgan fingerprint density at radius 1 is 1.29 bits per heavy atom. The second kappa shape index (κ2) is 5.76. The summed E-state index contributed by atoms with van der Waals surface area (Å²) in [6.07, 6.45) is 0.246. The van der Waals surface area contributed by atoms with Crippen LogP contribution in [0.3, 0.4) is 0 Å². The van der Waals surface area contributed by atoms with Gasteiger partial charge in [0.15, 0.2) is 0 Å². The highest BCUT2D eigenvalue weighted by molar-refractivity contribution is 7.08. The van der Waals surface area contributed by atoms with Crippen LogP contribution in [0.25, 0.3) is 0 Å². The monoisotopic (exact) mass is 359 g/mol. The number of hydrogen-bond acceptors (Lipinski definition) is 4. The molecule has 0 saturated heterocycles. The second-order valence-corrected chi connectivity index (χ2v) is 7.10. The van der Waals surface area contributed by atoms with E-state index < -0.39 is 0 Å². The largest absolute Gasteiger partial charge is 0.456 e. The van der Waals surface area contributed by atoms with E-state index >= 15 is 0 Å². The third-order valence-electron chi connectivity index (χ3n) is 4.48. The maximum Gasteiger partial charge on any atom is 0.336 e. The molecule has 4 nitrogen and oxygen atoms in total. The molecule has 0 unspecified atom stereocenters. The summed E-state index contributed by atoms with van der Waals surface area (Å²) in [4.78, 5) is 26.7. The molecule has 0 spiro atoms. The fraction of sp³-hybridized carbons (Fsp3) is 0.222. The van der Waals surface area contributed by atoms with Gasteiger partial charge in [-0.3, -0.25) is 9.69 Å². The molecule has 0 N–H and O–H groups in total. The van der Waals surface area contributed by atoms with Crippen molar-refractivity contribution in [3.8, 4) is 0 Å². The Hall–Kier alpha value is -2.11. The van der Waals surface area contributed by atoms with Crippen LogP contribution in [0.2, 0.25) is 5.02 Å². The second-order valence-electron chi connectivity index (χ2n) is 5.91. The Balaban J connectivity index is 1.84. The lowest BCUT2D eigenvalue weighted by molar-refractivity contribution is -0.136. The van der Waals surface area contributed by atoms with Crippen LogP contribution < -0.4 is 4.90 Å². The number of rotatable bonds is 2. The van der Waals surface area contributed by atoms with Gasteiger partial charge in [0, 0.05) is 17.4 Å². The van der Waals surface area contributed by atoms with Crippen molar-refractivity contribution in [3.63, 3.8) is 0 Å². The van der Waals surface area contributed by atoms with Crippen molar-refractivity contribution in [2.75, 3.05) is 11.5 Å². The van der Waals surface area contributed by atoms with Gasteiger partial charge in [-0.2, -0.15) is 11.3 Å². The summed E-state index contributed by atoms with van der Waals surface area (Å²) in [6.45, 7) is 2.02. The van der Waals surface area contributed by atoms with Crippen molar-refractivity contribution in [1.29, 1.82) is 0 Å². The number of benzene rings is 1. The highest BCUT2D eigenvalue weighted by Crippen LogP contribution is 2.42. The number of esters is 1. The van der Waals surface area contributed by atoms with Gasteiger partial charge in [-0.25, -0.2) is 4.79 Å². The first-order valence-electron chi connectivity index (χ1n) is 7.57. The summed E-state index contributed by atoms with van der Waals surface area (Å²) < 4.78 is 5.25. The van der Waals surface area contributed by atoms with Crippen molar-refractivity contribution in [2.45, 2.75) is 19.3 Å². The topological polar surface area (TPSA) is 46.6 Å². The van der Waals surface area contributed by atoms with Gasteiger partial charge in [0.2, 0.25) is 5.91 Å². The van der Waals surface area contributed by atoms with E-state index in [-0.39, 0.29) is 30.8 Å². The van der Waals surface area contributed by atoms with E-state index in [9.17, 15) is 9.59 Å². The van der Waals surface area contributed by atoms with Crippen LogP contribution in [-0.2, 0) is 14.3 Å². The van der Waals surface area contributed by atoms with Gasteiger partial charge < -0.3 is 4.74 Å². The van der Waals surface area contributed by atoms with Gasteiger partial charge in [0.1, 0.15) is 6.61 Å². The van der Waals surface area contributed by atoms with Crippen LogP contribution in [0.15, 0.2) is 46.3 Å². The molecule has 2 aliphatic rings. The Morgan fingerprint density at radius 2 is 2.12 bits per heavy atom. The minimum atomic E-state index is -0.336. The first-order valence-corrected chi connectivity index (χ1v) is 8.89. The zero-order valence-electron chi connectivity index (χ0n) is 12.9. The van der Waals surface area contributed by atoms with Gasteiger partial charge >= 0.3 is 5.97 Å². The van der Waals surface area contributed by atoms with Gasteiger partial charge in [-0.05, 0) is 47.0 Å². The number of cyclic esters (lactones) is 1. The summed E-state index contributed by atoms with van der Waals surface area (Å²) in [6, 6.07) is 7.43. The molecule has 1 aromatic carbocycles. The third-order valence-corrected chi connectivity index (χ3v) is 5.59. The molecule has 1 atom stereocenters. The number of thiophene rings is 1. The average molecular weight is 360 g/mol. The average Bonchev–Trinajstić information content (AvgIpc) is 3.20. The highest BCUT2D eigenvalue weighted by Gasteiger charge is 2.43. The normalized spacial score (nSPS) is 20.4. The molecule has 0 bridgehead atoms. The Bertz CT molecular complexity index is 872. The van der Waals surface area contributed by atoms with Crippen molar-refractivity contribution in [2.24, 2.45) is 0 Å². The van der Waals surface area contributed by atoms with Crippen LogP contribution in [0, 0.1) is 6.92 Å². The lowest BCUT2D eigenvalue weighted by atomic mass is 9.85. The summed E-state index contributed by atoms with van der Waals surface area (Å²) in [5.41, 5.74) is 3.82. The molecule has 1 amide bonds. The number of ether oxygens (including phenoxy) is 1. The maximum absolute atomic E-state index is 12.8. The van der Waals surface area contributed by atoms with Gasteiger partial charge in [-0.15, -0.1) is 0 Å². The third kappa shape index (κ3) is 2.36. The van der Waals surface area contributed by atoms with E-state index in [0.29, 0.717) is 22.0 Å². The van der Waals surface area contributed by atoms with E-state index in [0.717, 1.165) is 11.1 Å². The zero-order valence-corrected chi connectivity index (χ0v) is 14.5. The van der Waals surface area contributed by atoms with Gasteiger partial charge in [0.25, 0.3) is 0 Å². The predicted molar refractivity (Wildman–Crippen MR) is 93.3 cm³/mol. The molecule has 3 heterocycles. The maximum atomic E-state index is 12.8. The molecular weight excluding hydrogens is 346 g/mol. The van der Waals surface area contributed by atoms with Gasteiger partial charge in [0.05, 0.1) is 17.0 Å². The minimum Gasteiger partial charge on any atom is -0.456 e. The van der Waals surface area contributed by atoms with Gasteiger partial charge in [-0.1, -0.05) is 17.7 Å².